The third-order valence-electron chi connectivity index (χ3n) is 6.41. The van der Waals surface area contributed by atoms with Gasteiger partial charge in [-0.3, -0.25) is 19.9 Å². The number of nitrogens with one attached hydrogen (secondary N) is 3. The summed E-state index contributed by atoms with van der Waals surface area (Å²) in [6, 6.07) is 14.7. The number of imidazole rings is 1. The molecule has 0 saturated heterocycles. The SMILES string of the molecule is CCOC1(C)C=CC=CC1CNC(=O)c1cccc2[nH]c(NC(=O)c3cc4ccccc4cn3)nc12. The monoisotopic (exact) mass is 481 g/mol. The Labute approximate surface area is 208 Å². The second-order valence-electron chi connectivity index (χ2n) is 8.84. The number of anilines is 1. The number of carbonyl (C=O) groups excluding carboxylic acids is 2. The topological polar surface area (TPSA) is 109 Å². The van der Waals surface area contributed by atoms with Gasteiger partial charge in [-0.15, -0.1) is 0 Å². The van der Waals surface area contributed by atoms with E-state index in [1.807, 2.05) is 68.5 Å². The Morgan fingerprint density at radius 1 is 1.08 bits per heavy atom. The molecule has 8 heteroatoms. The summed E-state index contributed by atoms with van der Waals surface area (Å²) in [5, 5.41) is 7.64. The number of amides is 2. The van der Waals surface area contributed by atoms with E-state index in [4.69, 9.17) is 4.74 Å². The zero-order valence-electron chi connectivity index (χ0n) is 20.1. The first kappa shape index (κ1) is 23.4. The van der Waals surface area contributed by atoms with Gasteiger partial charge in [-0.2, -0.15) is 0 Å². The van der Waals surface area contributed by atoms with Gasteiger partial charge in [-0.25, -0.2) is 4.98 Å². The van der Waals surface area contributed by atoms with Gasteiger partial charge in [0.2, 0.25) is 5.95 Å². The number of H-pyrrole nitrogens is 1. The van der Waals surface area contributed by atoms with E-state index in [2.05, 4.69) is 25.6 Å². The molecule has 5 rings (SSSR count). The van der Waals surface area contributed by atoms with Crippen LogP contribution in [0.3, 0.4) is 0 Å². The van der Waals surface area contributed by atoms with E-state index in [1.54, 1.807) is 24.4 Å². The molecule has 2 unspecified atom stereocenters. The standard InChI is InChI=1S/C28H27N5O3/c1-3-36-28(2)14-7-6-11-20(28)17-30-25(34)21-12-8-13-22-24(21)32-27(31-22)33-26(35)23-15-18-9-4-5-10-19(18)16-29-23/h4-16,20H,3,17H2,1-2H3,(H,30,34)(H2,31,32,33,35). The zero-order chi connectivity index (χ0) is 25.1. The van der Waals surface area contributed by atoms with Crippen LogP contribution >= 0.6 is 0 Å². The zero-order valence-corrected chi connectivity index (χ0v) is 20.1. The Morgan fingerprint density at radius 3 is 2.75 bits per heavy atom. The lowest BCUT2D eigenvalue weighted by molar-refractivity contribution is -0.0172. The molecule has 8 nitrogen and oxygen atoms in total. The van der Waals surface area contributed by atoms with Crippen molar-refractivity contribution >= 4 is 39.6 Å². The molecule has 36 heavy (non-hydrogen) atoms. The first-order chi connectivity index (χ1) is 17.5. The van der Waals surface area contributed by atoms with E-state index in [1.165, 1.54) is 0 Å². The molecule has 0 fully saturated rings. The molecule has 2 aromatic carbocycles. The largest absolute Gasteiger partial charge is 0.371 e. The highest BCUT2D eigenvalue weighted by Crippen LogP contribution is 2.28. The second kappa shape index (κ2) is 9.75. The van der Waals surface area contributed by atoms with Gasteiger partial charge in [-0.05, 0) is 37.4 Å². The summed E-state index contributed by atoms with van der Waals surface area (Å²) >= 11 is 0. The van der Waals surface area contributed by atoms with Crippen molar-refractivity contribution in [2.45, 2.75) is 19.4 Å². The first-order valence-corrected chi connectivity index (χ1v) is 11.9. The number of pyridine rings is 1. The molecule has 0 spiro atoms. The molecule has 4 aromatic rings. The molecule has 2 heterocycles. The summed E-state index contributed by atoms with van der Waals surface area (Å²) in [6.45, 7) is 4.96. The van der Waals surface area contributed by atoms with Crippen molar-refractivity contribution in [1.82, 2.24) is 20.3 Å². The van der Waals surface area contributed by atoms with E-state index >= 15 is 0 Å². The minimum absolute atomic E-state index is 0.00547. The lowest BCUT2D eigenvalue weighted by Crippen LogP contribution is -2.43. The van der Waals surface area contributed by atoms with Crippen LogP contribution in [0.2, 0.25) is 0 Å². The molecule has 2 amide bonds. The van der Waals surface area contributed by atoms with Crippen LogP contribution in [0.1, 0.15) is 34.7 Å². The van der Waals surface area contributed by atoms with Gasteiger partial charge in [-0.1, -0.05) is 54.6 Å². The highest BCUT2D eigenvalue weighted by atomic mass is 16.5. The molecule has 2 aromatic heterocycles. The predicted molar refractivity (Wildman–Crippen MR) is 140 cm³/mol. The lowest BCUT2D eigenvalue weighted by Gasteiger charge is -2.35. The number of allylic oxidation sites excluding steroid dienone is 2. The summed E-state index contributed by atoms with van der Waals surface area (Å²) < 4.78 is 5.94. The van der Waals surface area contributed by atoms with E-state index < -0.39 is 11.5 Å². The lowest BCUT2D eigenvalue weighted by atomic mass is 9.85. The van der Waals surface area contributed by atoms with Gasteiger partial charge < -0.3 is 15.0 Å². The number of aromatic amines is 1. The van der Waals surface area contributed by atoms with Gasteiger partial charge in [0, 0.05) is 30.7 Å². The van der Waals surface area contributed by atoms with Crippen molar-refractivity contribution in [2.24, 2.45) is 5.92 Å². The molecular weight excluding hydrogens is 454 g/mol. The van der Waals surface area contributed by atoms with Gasteiger partial charge in [0.25, 0.3) is 11.8 Å². The van der Waals surface area contributed by atoms with Crippen LogP contribution in [0.4, 0.5) is 5.95 Å². The van der Waals surface area contributed by atoms with E-state index in [9.17, 15) is 9.59 Å². The van der Waals surface area contributed by atoms with Crippen LogP contribution in [-0.2, 0) is 4.74 Å². The van der Waals surface area contributed by atoms with Gasteiger partial charge >= 0.3 is 0 Å². The minimum Gasteiger partial charge on any atom is -0.371 e. The molecule has 3 N–H and O–H groups in total. The van der Waals surface area contributed by atoms with Crippen molar-refractivity contribution in [3.05, 3.63) is 90.3 Å². The van der Waals surface area contributed by atoms with Crippen molar-refractivity contribution in [3.8, 4) is 0 Å². The minimum atomic E-state index is -0.483. The fraction of sp³-hybridized carbons (Fsp3) is 0.214. The summed E-state index contributed by atoms with van der Waals surface area (Å²) in [7, 11) is 0. The molecule has 0 radical (unpaired) electrons. The Morgan fingerprint density at radius 2 is 1.92 bits per heavy atom. The Kier molecular flexibility index (Phi) is 6.35. The Balaban J connectivity index is 1.32. The van der Waals surface area contributed by atoms with Crippen LogP contribution in [0.25, 0.3) is 21.8 Å². The van der Waals surface area contributed by atoms with Crippen LogP contribution in [0.15, 0.2) is 79.0 Å². The average molecular weight is 482 g/mol. The van der Waals surface area contributed by atoms with Gasteiger partial charge in [0.1, 0.15) is 11.2 Å². The summed E-state index contributed by atoms with van der Waals surface area (Å²) in [4.78, 5) is 37.7. The maximum atomic E-state index is 13.1. The third-order valence-corrected chi connectivity index (χ3v) is 6.41. The van der Waals surface area contributed by atoms with E-state index in [0.29, 0.717) is 29.7 Å². The fourth-order valence-electron chi connectivity index (χ4n) is 4.45. The fourth-order valence-corrected chi connectivity index (χ4v) is 4.45. The molecule has 1 aliphatic carbocycles. The van der Waals surface area contributed by atoms with Crippen LogP contribution in [-0.4, -0.2) is 45.5 Å². The number of fused-ring (bicyclic) bond motifs is 2. The van der Waals surface area contributed by atoms with Crippen molar-refractivity contribution in [3.63, 3.8) is 0 Å². The molecule has 182 valence electrons. The second-order valence-corrected chi connectivity index (χ2v) is 8.84. The number of carbonyl (C=O) groups is 2. The maximum absolute atomic E-state index is 13.1. The van der Waals surface area contributed by atoms with Gasteiger partial charge in [0.05, 0.1) is 16.7 Å². The Bertz CT molecular complexity index is 1510. The molecule has 2 atom stereocenters. The number of hydrogen-bond acceptors (Lipinski definition) is 5. The van der Waals surface area contributed by atoms with Gasteiger partial charge in [0.15, 0.2) is 0 Å². The quantitative estimate of drug-likeness (QED) is 0.357. The number of ether oxygens (including phenoxy) is 1. The highest BCUT2D eigenvalue weighted by molar-refractivity contribution is 6.07. The summed E-state index contributed by atoms with van der Waals surface area (Å²) in [5.74, 6) is -0.398. The van der Waals surface area contributed by atoms with Crippen molar-refractivity contribution < 1.29 is 14.3 Å². The smallest absolute Gasteiger partial charge is 0.276 e. The Hall–Kier alpha value is -4.30. The maximum Gasteiger partial charge on any atom is 0.276 e. The molecule has 0 bridgehead atoms. The first-order valence-electron chi connectivity index (χ1n) is 11.9. The van der Waals surface area contributed by atoms with E-state index in [0.717, 1.165) is 10.8 Å². The number of benzene rings is 2. The number of aromatic nitrogens is 3. The van der Waals surface area contributed by atoms with Crippen LogP contribution < -0.4 is 10.6 Å². The molecule has 0 saturated carbocycles. The number of para-hydroxylation sites is 1. The molecule has 1 aliphatic rings. The summed E-state index contributed by atoms with van der Waals surface area (Å²) in [5.41, 5.74) is 1.33. The van der Waals surface area contributed by atoms with Crippen LogP contribution in [0, 0.1) is 5.92 Å². The van der Waals surface area contributed by atoms with Crippen molar-refractivity contribution in [1.29, 1.82) is 0 Å². The normalized spacial score (nSPS) is 19.0. The highest BCUT2D eigenvalue weighted by Gasteiger charge is 2.32. The number of hydrogen-bond donors (Lipinski definition) is 3. The van der Waals surface area contributed by atoms with Crippen LogP contribution in [0.5, 0.6) is 0 Å². The number of nitrogens with zero attached hydrogens (tertiary/aromatic N) is 2. The number of rotatable bonds is 7. The predicted octanol–water partition coefficient (Wildman–Crippen LogP) is 4.63. The van der Waals surface area contributed by atoms with E-state index in [-0.39, 0.29) is 23.5 Å². The molecule has 0 aliphatic heterocycles. The summed E-state index contributed by atoms with van der Waals surface area (Å²) in [6.07, 6.45) is 9.65. The third kappa shape index (κ3) is 4.63. The molecular formula is C28H27N5O3. The average Bonchev–Trinajstić information content (AvgIpc) is 3.30. The van der Waals surface area contributed by atoms with Crippen molar-refractivity contribution in [2.75, 3.05) is 18.5 Å².